The van der Waals surface area contributed by atoms with E-state index in [9.17, 15) is 0 Å². The summed E-state index contributed by atoms with van der Waals surface area (Å²) in [4.78, 5) is 8.24. The van der Waals surface area contributed by atoms with Gasteiger partial charge in [0.05, 0.1) is 18.5 Å². The highest BCUT2D eigenvalue weighted by Gasteiger charge is 2.27. The minimum atomic E-state index is 0.345. The number of methoxy groups -OCH3 is 1. The number of aromatic amines is 1. The fourth-order valence-electron chi connectivity index (χ4n) is 3.70. The Hall–Kier alpha value is -3.89. The van der Waals surface area contributed by atoms with Crippen LogP contribution in [-0.4, -0.2) is 27.3 Å². The Morgan fingerprint density at radius 3 is 2.74 bits per heavy atom. The van der Waals surface area contributed by atoms with E-state index in [1.165, 1.54) is 0 Å². The van der Waals surface area contributed by atoms with Gasteiger partial charge in [0.2, 0.25) is 0 Å². The number of H-pyrrole nitrogens is 1. The Balaban J connectivity index is 1.46. The zero-order valence-electron chi connectivity index (χ0n) is 16.5. The maximum absolute atomic E-state index is 8.97. The van der Waals surface area contributed by atoms with Gasteiger partial charge in [-0.25, -0.2) is 9.97 Å². The van der Waals surface area contributed by atoms with E-state index in [-0.39, 0.29) is 0 Å². The number of halogens is 1. The number of hydrogen-bond acceptors (Lipinski definition) is 6. The van der Waals surface area contributed by atoms with Crippen LogP contribution in [0.5, 0.6) is 11.5 Å². The number of rotatable bonds is 5. The van der Waals surface area contributed by atoms with E-state index in [2.05, 4.69) is 20.2 Å². The molecule has 1 N–H and O–H groups in total. The summed E-state index contributed by atoms with van der Waals surface area (Å²) in [6.45, 7) is 0.345. The van der Waals surface area contributed by atoms with Gasteiger partial charge in [-0.1, -0.05) is 17.7 Å². The second-order valence-electron chi connectivity index (χ2n) is 7.08. The first-order valence-corrected chi connectivity index (χ1v) is 9.92. The summed E-state index contributed by atoms with van der Waals surface area (Å²) in [5, 5.41) is 17.1. The van der Waals surface area contributed by atoms with Crippen molar-refractivity contribution in [2.24, 2.45) is 0 Å². The molecular weight excluding hydrogens is 414 g/mol. The molecule has 0 aliphatic heterocycles. The fraction of sp³-hybridized carbons (Fsp3) is 0.130. The molecule has 0 saturated heterocycles. The third-order valence-corrected chi connectivity index (χ3v) is 5.45. The zero-order chi connectivity index (χ0) is 21.4. The Bertz CT molecular complexity index is 1310. The van der Waals surface area contributed by atoms with Gasteiger partial charge in [0, 0.05) is 41.1 Å². The standard InChI is InChI=1S/C23H16ClN5O2/c1-30-19-7-15-6-18-22(14-3-4-16(9-25)26-11-14)28-29-23(18)17(15)8-20(19)31-12-13-2-5-21(24)27-10-13/h2-5,7-8,10-11H,6,12H2,1H3,(H,28,29). The van der Waals surface area contributed by atoms with E-state index in [0.29, 0.717) is 35.4 Å². The summed E-state index contributed by atoms with van der Waals surface area (Å²) >= 11 is 5.85. The van der Waals surface area contributed by atoms with Gasteiger partial charge in [-0.05, 0) is 35.9 Å². The second kappa shape index (κ2) is 7.74. The van der Waals surface area contributed by atoms with Crippen LogP contribution < -0.4 is 9.47 Å². The predicted octanol–water partition coefficient (Wildman–Crippen LogP) is 4.55. The number of nitriles is 1. The molecule has 0 saturated carbocycles. The first-order valence-electron chi connectivity index (χ1n) is 9.54. The van der Waals surface area contributed by atoms with E-state index in [0.717, 1.165) is 39.2 Å². The third-order valence-electron chi connectivity index (χ3n) is 5.23. The molecule has 3 aromatic heterocycles. The lowest BCUT2D eigenvalue weighted by atomic mass is 10.1. The summed E-state index contributed by atoms with van der Waals surface area (Å²) < 4.78 is 11.6. The lowest BCUT2D eigenvalue weighted by Crippen LogP contribution is -1.99. The molecule has 0 unspecified atom stereocenters. The van der Waals surface area contributed by atoms with Crippen LogP contribution in [0.15, 0.2) is 48.8 Å². The summed E-state index contributed by atoms with van der Waals surface area (Å²) in [5.74, 6) is 1.31. The number of aromatic nitrogens is 4. The number of pyridine rings is 2. The number of hydrogen-bond donors (Lipinski definition) is 1. The molecule has 7 nitrogen and oxygen atoms in total. The van der Waals surface area contributed by atoms with Gasteiger partial charge >= 0.3 is 0 Å². The van der Waals surface area contributed by atoms with Crippen molar-refractivity contribution in [1.29, 1.82) is 5.26 Å². The first kappa shape index (κ1) is 19.1. The van der Waals surface area contributed by atoms with E-state index in [4.69, 9.17) is 26.3 Å². The molecule has 31 heavy (non-hydrogen) atoms. The Morgan fingerprint density at radius 1 is 1.13 bits per heavy atom. The zero-order valence-corrected chi connectivity index (χ0v) is 17.3. The van der Waals surface area contributed by atoms with Crippen molar-refractivity contribution in [2.75, 3.05) is 7.11 Å². The topological polar surface area (TPSA) is 96.7 Å². The van der Waals surface area contributed by atoms with Crippen LogP contribution in [0.4, 0.5) is 0 Å². The molecule has 4 aromatic rings. The molecule has 0 amide bonds. The number of nitrogens with zero attached hydrogens (tertiary/aromatic N) is 4. The molecule has 0 fully saturated rings. The largest absolute Gasteiger partial charge is 0.493 e. The van der Waals surface area contributed by atoms with E-state index >= 15 is 0 Å². The van der Waals surface area contributed by atoms with E-state index in [1.807, 2.05) is 30.3 Å². The molecule has 1 aromatic carbocycles. The summed E-state index contributed by atoms with van der Waals surface area (Å²) in [5.41, 5.74) is 7.17. The molecule has 0 radical (unpaired) electrons. The van der Waals surface area contributed by atoms with E-state index < -0.39 is 0 Å². The number of benzene rings is 1. The van der Waals surface area contributed by atoms with Crippen molar-refractivity contribution in [1.82, 2.24) is 20.2 Å². The van der Waals surface area contributed by atoms with Gasteiger partial charge in [0.15, 0.2) is 11.5 Å². The highest BCUT2D eigenvalue weighted by atomic mass is 35.5. The molecular formula is C23H16ClN5O2. The average Bonchev–Trinajstić information content (AvgIpc) is 3.37. The van der Waals surface area contributed by atoms with Crippen LogP contribution in [0.2, 0.25) is 5.15 Å². The normalized spacial score (nSPS) is 11.5. The van der Waals surface area contributed by atoms with Gasteiger partial charge in [0.1, 0.15) is 23.5 Å². The van der Waals surface area contributed by atoms with Gasteiger partial charge in [-0.2, -0.15) is 10.4 Å². The molecule has 152 valence electrons. The SMILES string of the molecule is COc1cc2c(cc1OCc1ccc(Cl)nc1)-c1[nH]nc(-c3ccc(C#N)nc3)c1C2. The third kappa shape index (κ3) is 3.47. The number of fused-ring (bicyclic) bond motifs is 3. The van der Waals surface area contributed by atoms with Crippen molar-refractivity contribution in [3.05, 3.63) is 76.3 Å². The monoisotopic (exact) mass is 429 g/mol. The predicted molar refractivity (Wildman–Crippen MR) is 115 cm³/mol. The second-order valence-corrected chi connectivity index (χ2v) is 7.47. The molecule has 3 heterocycles. The Kier molecular flexibility index (Phi) is 4.77. The minimum Gasteiger partial charge on any atom is -0.493 e. The van der Waals surface area contributed by atoms with Gasteiger partial charge < -0.3 is 9.47 Å². The van der Waals surface area contributed by atoms with Crippen molar-refractivity contribution in [3.8, 4) is 40.1 Å². The molecule has 1 aliphatic carbocycles. The van der Waals surface area contributed by atoms with E-state index in [1.54, 1.807) is 31.6 Å². The summed E-state index contributed by atoms with van der Waals surface area (Å²) in [6.07, 6.45) is 4.08. The maximum Gasteiger partial charge on any atom is 0.162 e. The maximum atomic E-state index is 8.97. The Labute approximate surface area is 183 Å². The molecule has 8 heteroatoms. The van der Waals surface area contributed by atoms with Crippen LogP contribution in [0.25, 0.3) is 22.5 Å². The van der Waals surface area contributed by atoms with Gasteiger partial charge in [-0.3, -0.25) is 5.10 Å². The molecule has 0 atom stereocenters. The molecule has 0 spiro atoms. The lowest BCUT2D eigenvalue weighted by Gasteiger charge is -2.13. The molecule has 1 aliphatic rings. The lowest BCUT2D eigenvalue weighted by molar-refractivity contribution is 0.284. The molecule has 5 rings (SSSR count). The quantitative estimate of drug-likeness (QED) is 0.411. The smallest absolute Gasteiger partial charge is 0.162 e. The summed E-state index contributed by atoms with van der Waals surface area (Å²) in [7, 11) is 1.63. The van der Waals surface area contributed by atoms with Gasteiger partial charge in [0.25, 0.3) is 0 Å². The van der Waals surface area contributed by atoms with Crippen LogP contribution in [0.3, 0.4) is 0 Å². The van der Waals surface area contributed by atoms with Crippen molar-refractivity contribution >= 4 is 11.6 Å². The highest BCUT2D eigenvalue weighted by Crippen LogP contribution is 2.44. The van der Waals surface area contributed by atoms with Crippen molar-refractivity contribution in [3.63, 3.8) is 0 Å². The van der Waals surface area contributed by atoms with Gasteiger partial charge in [-0.15, -0.1) is 0 Å². The fourth-order valence-corrected chi connectivity index (χ4v) is 3.81. The minimum absolute atomic E-state index is 0.345. The Morgan fingerprint density at radius 2 is 2.03 bits per heavy atom. The summed E-state index contributed by atoms with van der Waals surface area (Å²) in [6, 6.07) is 13.2. The van der Waals surface area contributed by atoms with Crippen molar-refractivity contribution in [2.45, 2.75) is 13.0 Å². The van der Waals surface area contributed by atoms with Crippen LogP contribution in [0, 0.1) is 11.3 Å². The van der Waals surface area contributed by atoms with Crippen molar-refractivity contribution < 1.29 is 9.47 Å². The number of nitrogens with one attached hydrogen (secondary N) is 1. The first-order chi connectivity index (χ1) is 15.2. The van der Waals surface area contributed by atoms with Crippen LogP contribution in [0.1, 0.15) is 22.4 Å². The van der Waals surface area contributed by atoms with Crippen LogP contribution >= 0.6 is 11.6 Å². The molecule has 0 bridgehead atoms. The highest BCUT2D eigenvalue weighted by molar-refractivity contribution is 6.29. The average molecular weight is 430 g/mol. The van der Waals surface area contributed by atoms with Crippen LogP contribution in [-0.2, 0) is 13.0 Å². The number of ether oxygens (including phenoxy) is 2.